The van der Waals surface area contributed by atoms with Crippen molar-refractivity contribution in [1.29, 1.82) is 5.41 Å². The molecule has 0 aromatic heterocycles. The summed E-state index contributed by atoms with van der Waals surface area (Å²) < 4.78 is 5.61. The number of nitrogen functional groups attached to an aromatic ring is 1. The number of benzene rings is 1. The Morgan fingerprint density at radius 2 is 2.26 bits per heavy atom. The average Bonchev–Trinajstić information content (AvgIpc) is 2.77. The lowest BCUT2D eigenvalue weighted by Gasteiger charge is -2.12. The Morgan fingerprint density at radius 1 is 1.53 bits per heavy atom. The van der Waals surface area contributed by atoms with E-state index in [0.29, 0.717) is 12.2 Å². The molecule has 2 rings (SSSR count). The number of rotatable bonds is 5. The standard InChI is InChI=1S/C14H19N3O2/c1-8(14(17)18)2-3-10-7-19-12-5-4-9(13(15)16)6-11(10)12/h4-6,8,10H,2-3,7H2,1H3,(H3,15,16)(H2,17,18). The zero-order valence-electron chi connectivity index (χ0n) is 11.0. The van der Waals surface area contributed by atoms with Crippen LogP contribution in [0.2, 0.25) is 0 Å². The third kappa shape index (κ3) is 2.86. The van der Waals surface area contributed by atoms with Gasteiger partial charge in [0.1, 0.15) is 11.6 Å². The monoisotopic (exact) mass is 261 g/mol. The minimum atomic E-state index is -0.267. The Hall–Kier alpha value is -2.04. The largest absolute Gasteiger partial charge is 0.493 e. The predicted octanol–water partition coefficient (Wildman–Crippen LogP) is 1.35. The predicted molar refractivity (Wildman–Crippen MR) is 73.3 cm³/mol. The van der Waals surface area contributed by atoms with Crippen molar-refractivity contribution in [2.24, 2.45) is 17.4 Å². The van der Waals surface area contributed by atoms with E-state index in [1.54, 1.807) is 6.07 Å². The van der Waals surface area contributed by atoms with Crippen LogP contribution < -0.4 is 16.2 Å². The number of carbonyl (C=O) groups excluding carboxylic acids is 1. The first-order valence-corrected chi connectivity index (χ1v) is 6.39. The Balaban J connectivity index is 2.10. The zero-order chi connectivity index (χ0) is 14.0. The lowest BCUT2D eigenvalue weighted by molar-refractivity contribution is -0.121. The Labute approximate surface area is 112 Å². The second-order valence-electron chi connectivity index (χ2n) is 5.05. The van der Waals surface area contributed by atoms with Gasteiger partial charge in [0, 0.05) is 23.0 Å². The minimum Gasteiger partial charge on any atom is -0.493 e. The summed E-state index contributed by atoms with van der Waals surface area (Å²) in [5.41, 5.74) is 12.5. The number of hydrogen-bond donors (Lipinski definition) is 3. The van der Waals surface area contributed by atoms with Crippen LogP contribution in [0, 0.1) is 11.3 Å². The number of ether oxygens (including phenoxy) is 1. The smallest absolute Gasteiger partial charge is 0.220 e. The zero-order valence-corrected chi connectivity index (χ0v) is 11.0. The summed E-state index contributed by atoms with van der Waals surface area (Å²) in [6, 6.07) is 5.55. The van der Waals surface area contributed by atoms with Gasteiger partial charge in [-0.15, -0.1) is 0 Å². The van der Waals surface area contributed by atoms with Crippen molar-refractivity contribution in [2.45, 2.75) is 25.7 Å². The maximum absolute atomic E-state index is 11.0. The summed E-state index contributed by atoms with van der Waals surface area (Å²) in [5, 5.41) is 7.47. The second kappa shape index (κ2) is 5.30. The molecule has 5 N–H and O–H groups in total. The number of carbonyl (C=O) groups is 1. The van der Waals surface area contributed by atoms with Gasteiger partial charge in [-0.2, -0.15) is 0 Å². The Morgan fingerprint density at radius 3 is 2.89 bits per heavy atom. The second-order valence-corrected chi connectivity index (χ2v) is 5.05. The van der Waals surface area contributed by atoms with Crippen molar-refractivity contribution in [3.63, 3.8) is 0 Å². The molecule has 0 aliphatic carbocycles. The maximum atomic E-state index is 11.0. The number of nitrogens with one attached hydrogen (secondary N) is 1. The van der Waals surface area contributed by atoms with Gasteiger partial charge in [-0.3, -0.25) is 10.2 Å². The first-order chi connectivity index (χ1) is 8.99. The van der Waals surface area contributed by atoms with Crippen LogP contribution in [0.1, 0.15) is 36.8 Å². The van der Waals surface area contributed by atoms with Crippen LogP contribution in [-0.4, -0.2) is 18.3 Å². The molecule has 0 radical (unpaired) electrons. The summed E-state index contributed by atoms with van der Waals surface area (Å²) >= 11 is 0. The molecule has 2 unspecified atom stereocenters. The molecule has 5 heteroatoms. The molecule has 2 atom stereocenters. The lowest BCUT2D eigenvalue weighted by atomic mass is 9.91. The van der Waals surface area contributed by atoms with Crippen molar-refractivity contribution in [1.82, 2.24) is 0 Å². The molecule has 0 saturated heterocycles. The summed E-state index contributed by atoms with van der Waals surface area (Å²) in [7, 11) is 0. The molecular weight excluding hydrogens is 242 g/mol. The highest BCUT2D eigenvalue weighted by molar-refractivity contribution is 5.95. The van der Waals surface area contributed by atoms with Crippen molar-refractivity contribution in [2.75, 3.05) is 6.61 Å². The van der Waals surface area contributed by atoms with Crippen LogP contribution in [0.4, 0.5) is 0 Å². The minimum absolute atomic E-state index is 0.0546. The van der Waals surface area contributed by atoms with Crippen molar-refractivity contribution >= 4 is 11.7 Å². The van der Waals surface area contributed by atoms with Gasteiger partial charge in [0.2, 0.25) is 5.91 Å². The van der Waals surface area contributed by atoms with Crippen LogP contribution in [-0.2, 0) is 4.79 Å². The highest BCUT2D eigenvalue weighted by atomic mass is 16.5. The quantitative estimate of drug-likeness (QED) is 0.550. The summed E-state index contributed by atoms with van der Waals surface area (Å²) in [6.07, 6.45) is 1.59. The highest BCUT2D eigenvalue weighted by Crippen LogP contribution is 2.37. The van der Waals surface area contributed by atoms with E-state index in [4.69, 9.17) is 21.6 Å². The van der Waals surface area contributed by atoms with E-state index < -0.39 is 0 Å². The van der Waals surface area contributed by atoms with Gasteiger partial charge >= 0.3 is 0 Å². The third-order valence-corrected chi connectivity index (χ3v) is 3.63. The maximum Gasteiger partial charge on any atom is 0.220 e. The molecule has 1 heterocycles. The number of amidine groups is 1. The van der Waals surface area contributed by atoms with Crippen LogP contribution in [0.3, 0.4) is 0 Å². The number of amides is 1. The number of primary amides is 1. The number of hydrogen-bond acceptors (Lipinski definition) is 3. The van der Waals surface area contributed by atoms with Crippen molar-refractivity contribution in [3.05, 3.63) is 29.3 Å². The average molecular weight is 261 g/mol. The summed E-state index contributed by atoms with van der Waals surface area (Å²) in [4.78, 5) is 11.0. The summed E-state index contributed by atoms with van der Waals surface area (Å²) in [5.74, 6) is 0.758. The Bertz CT molecular complexity index is 513. The van der Waals surface area contributed by atoms with E-state index in [2.05, 4.69) is 0 Å². The fourth-order valence-corrected chi connectivity index (χ4v) is 2.28. The van der Waals surface area contributed by atoms with Gasteiger partial charge in [-0.05, 0) is 31.0 Å². The first kappa shape index (κ1) is 13.4. The van der Waals surface area contributed by atoms with Gasteiger partial charge in [-0.1, -0.05) is 6.92 Å². The third-order valence-electron chi connectivity index (χ3n) is 3.63. The summed E-state index contributed by atoms with van der Waals surface area (Å²) in [6.45, 7) is 2.45. The molecule has 5 nitrogen and oxygen atoms in total. The van der Waals surface area contributed by atoms with Crippen LogP contribution in [0.15, 0.2) is 18.2 Å². The van der Waals surface area contributed by atoms with Gasteiger partial charge in [0.25, 0.3) is 0 Å². The van der Waals surface area contributed by atoms with Crippen molar-refractivity contribution < 1.29 is 9.53 Å². The first-order valence-electron chi connectivity index (χ1n) is 6.39. The van der Waals surface area contributed by atoms with Crippen LogP contribution in [0.25, 0.3) is 0 Å². The van der Waals surface area contributed by atoms with E-state index in [0.717, 1.165) is 24.2 Å². The molecular formula is C14H19N3O2. The molecule has 0 saturated carbocycles. The highest BCUT2D eigenvalue weighted by Gasteiger charge is 2.25. The van der Waals surface area contributed by atoms with Gasteiger partial charge in [0.15, 0.2) is 0 Å². The van der Waals surface area contributed by atoms with E-state index in [-0.39, 0.29) is 23.6 Å². The van der Waals surface area contributed by atoms with E-state index in [1.807, 2.05) is 19.1 Å². The van der Waals surface area contributed by atoms with E-state index in [9.17, 15) is 4.79 Å². The van der Waals surface area contributed by atoms with Gasteiger partial charge < -0.3 is 16.2 Å². The van der Waals surface area contributed by atoms with Crippen LogP contribution >= 0.6 is 0 Å². The lowest BCUT2D eigenvalue weighted by Crippen LogP contribution is -2.21. The Kier molecular flexibility index (Phi) is 3.74. The molecule has 0 bridgehead atoms. The molecule has 0 spiro atoms. The SMILES string of the molecule is CC(CCC1COc2ccc(C(=N)N)cc21)C(N)=O. The molecule has 1 aliphatic heterocycles. The number of fused-ring (bicyclic) bond motifs is 1. The molecule has 102 valence electrons. The molecule has 0 fully saturated rings. The van der Waals surface area contributed by atoms with Gasteiger partial charge in [0.05, 0.1) is 6.61 Å². The fourth-order valence-electron chi connectivity index (χ4n) is 2.28. The van der Waals surface area contributed by atoms with E-state index in [1.165, 1.54) is 0 Å². The molecule has 1 aliphatic rings. The molecule has 1 aromatic rings. The molecule has 19 heavy (non-hydrogen) atoms. The van der Waals surface area contributed by atoms with Crippen LogP contribution in [0.5, 0.6) is 5.75 Å². The van der Waals surface area contributed by atoms with E-state index >= 15 is 0 Å². The fraction of sp³-hybridized carbons (Fsp3) is 0.429. The van der Waals surface area contributed by atoms with Crippen molar-refractivity contribution in [3.8, 4) is 5.75 Å². The van der Waals surface area contributed by atoms with Gasteiger partial charge in [-0.25, -0.2) is 0 Å². The molecule has 1 amide bonds. The number of nitrogens with two attached hydrogens (primary N) is 2. The normalized spacial score (nSPS) is 18.5. The molecule has 1 aromatic carbocycles. The topological polar surface area (TPSA) is 102 Å².